The summed E-state index contributed by atoms with van der Waals surface area (Å²) in [6.45, 7) is 11.5. The van der Waals surface area contributed by atoms with Gasteiger partial charge in [0.05, 0.1) is 44.2 Å². The van der Waals surface area contributed by atoms with Crippen molar-refractivity contribution in [3.05, 3.63) is 96.1 Å². The largest absolute Gasteiger partial charge is 0.491 e. The molecule has 0 saturated carbocycles. The molecule has 0 radical (unpaired) electrons. The zero-order valence-electron chi connectivity index (χ0n) is 25.5. The minimum atomic E-state index is -0.484. The van der Waals surface area contributed by atoms with E-state index in [0.717, 1.165) is 17.5 Å². The van der Waals surface area contributed by atoms with E-state index in [0.29, 0.717) is 67.2 Å². The third-order valence-electron chi connectivity index (χ3n) is 6.48. The number of carbonyl (C=O) groups excluding carboxylic acids is 3. The fourth-order valence-electron chi connectivity index (χ4n) is 3.64. The number of rotatable bonds is 18. The monoisotopic (exact) mass is 604 g/mol. The predicted octanol–water partition coefficient (Wildman–Crippen LogP) is 6.31. The minimum absolute atomic E-state index is 0.167. The molecule has 0 N–H and O–H groups in total. The van der Waals surface area contributed by atoms with E-state index in [4.69, 9.17) is 28.4 Å². The van der Waals surface area contributed by atoms with Gasteiger partial charge in [0.1, 0.15) is 24.7 Å². The van der Waals surface area contributed by atoms with E-state index < -0.39 is 11.9 Å². The second-order valence-electron chi connectivity index (χ2n) is 10.1. The molecule has 3 rings (SSSR count). The maximum atomic E-state index is 12.6. The highest BCUT2D eigenvalue weighted by molar-refractivity contribution is 5.91. The number of hydrogen-bond acceptors (Lipinski definition) is 9. The summed E-state index contributed by atoms with van der Waals surface area (Å²) in [6, 6.07) is 21.0. The van der Waals surface area contributed by atoms with Crippen LogP contribution in [0.2, 0.25) is 0 Å². The van der Waals surface area contributed by atoms with Gasteiger partial charge in [0.25, 0.3) is 0 Å². The van der Waals surface area contributed by atoms with Crippen LogP contribution >= 0.6 is 0 Å². The van der Waals surface area contributed by atoms with Crippen LogP contribution in [0.1, 0.15) is 47.9 Å². The van der Waals surface area contributed by atoms with Crippen molar-refractivity contribution in [1.29, 1.82) is 0 Å². The quantitative estimate of drug-likeness (QED) is 0.0715. The lowest BCUT2D eigenvalue weighted by Crippen LogP contribution is -2.14. The molecular formula is C35H40O9. The third-order valence-corrected chi connectivity index (χ3v) is 6.48. The number of hydrogen-bond donors (Lipinski definition) is 0. The first-order chi connectivity index (χ1) is 21.3. The van der Waals surface area contributed by atoms with Gasteiger partial charge in [0, 0.05) is 5.57 Å². The van der Waals surface area contributed by atoms with E-state index >= 15 is 0 Å². The molecule has 0 fully saturated rings. The number of ether oxygens (including phenoxy) is 6. The van der Waals surface area contributed by atoms with E-state index in [1.165, 1.54) is 0 Å². The first kappa shape index (κ1) is 34.0. The summed E-state index contributed by atoms with van der Waals surface area (Å²) in [5.74, 6) is 0.0911. The molecule has 0 heterocycles. The highest BCUT2D eigenvalue weighted by atomic mass is 16.6. The van der Waals surface area contributed by atoms with Crippen LogP contribution in [0.3, 0.4) is 0 Å². The van der Waals surface area contributed by atoms with E-state index in [-0.39, 0.29) is 19.2 Å². The average Bonchev–Trinajstić information content (AvgIpc) is 3.04. The Morgan fingerprint density at radius 3 is 1.75 bits per heavy atom. The number of benzene rings is 3. The van der Waals surface area contributed by atoms with E-state index in [1.54, 1.807) is 55.5 Å². The van der Waals surface area contributed by atoms with Crippen LogP contribution in [-0.2, 0) is 23.7 Å². The third kappa shape index (κ3) is 11.7. The standard InChI is InChI=1S/C35H40O9/c1-5-26(4)24-43-34(37)29-8-6-27(7-9-29)28-10-16-32(17-11-28)44-35(38)30-12-14-31(15-13-30)41-22-20-39-18-19-40-21-23-42-33(36)25(2)3/h6-17,26H,2,5,18-24H2,1,3-4H3/t26-/m0/s1. The molecule has 0 spiro atoms. The lowest BCUT2D eigenvalue weighted by atomic mass is 10.0. The van der Waals surface area contributed by atoms with Gasteiger partial charge >= 0.3 is 17.9 Å². The number of carbonyl (C=O) groups is 3. The van der Waals surface area contributed by atoms with E-state index in [9.17, 15) is 14.4 Å². The Labute approximate surface area is 258 Å². The Hall–Kier alpha value is -4.47. The molecule has 3 aromatic carbocycles. The molecule has 0 bridgehead atoms. The van der Waals surface area contributed by atoms with Gasteiger partial charge in [-0.05, 0) is 72.5 Å². The molecule has 1 atom stereocenters. The zero-order valence-corrected chi connectivity index (χ0v) is 25.5. The predicted molar refractivity (Wildman–Crippen MR) is 166 cm³/mol. The van der Waals surface area contributed by atoms with Crippen LogP contribution in [-0.4, -0.2) is 64.2 Å². The molecule has 234 valence electrons. The molecule has 0 saturated heterocycles. The summed E-state index contributed by atoms with van der Waals surface area (Å²) in [4.78, 5) is 36.1. The molecule has 0 aliphatic carbocycles. The fourth-order valence-corrected chi connectivity index (χ4v) is 3.64. The molecule has 0 amide bonds. The summed E-state index contributed by atoms with van der Waals surface area (Å²) in [7, 11) is 0. The Morgan fingerprint density at radius 2 is 1.16 bits per heavy atom. The topological polar surface area (TPSA) is 107 Å². The Bertz CT molecular complexity index is 1350. The highest BCUT2D eigenvalue weighted by Crippen LogP contribution is 2.24. The van der Waals surface area contributed by atoms with Crippen molar-refractivity contribution in [3.8, 4) is 22.6 Å². The normalized spacial score (nSPS) is 11.3. The van der Waals surface area contributed by atoms with Gasteiger partial charge in [0.15, 0.2) is 0 Å². The molecule has 3 aromatic rings. The van der Waals surface area contributed by atoms with Crippen LogP contribution in [0, 0.1) is 5.92 Å². The molecular weight excluding hydrogens is 564 g/mol. The maximum Gasteiger partial charge on any atom is 0.343 e. The smallest absolute Gasteiger partial charge is 0.343 e. The highest BCUT2D eigenvalue weighted by Gasteiger charge is 2.11. The van der Waals surface area contributed by atoms with Crippen molar-refractivity contribution in [2.45, 2.75) is 27.2 Å². The second kappa shape index (κ2) is 18.3. The second-order valence-corrected chi connectivity index (χ2v) is 10.1. The first-order valence-corrected chi connectivity index (χ1v) is 14.6. The van der Waals surface area contributed by atoms with Gasteiger partial charge in [-0.25, -0.2) is 14.4 Å². The van der Waals surface area contributed by atoms with Crippen molar-refractivity contribution in [3.63, 3.8) is 0 Å². The summed E-state index contributed by atoms with van der Waals surface area (Å²) < 4.78 is 32.2. The van der Waals surface area contributed by atoms with E-state index in [2.05, 4.69) is 13.5 Å². The van der Waals surface area contributed by atoms with Crippen molar-refractivity contribution >= 4 is 17.9 Å². The Kier molecular flexibility index (Phi) is 14.1. The van der Waals surface area contributed by atoms with Crippen LogP contribution in [0.4, 0.5) is 0 Å². The van der Waals surface area contributed by atoms with Crippen LogP contribution in [0.25, 0.3) is 11.1 Å². The zero-order chi connectivity index (χ0) is 31.7. The lowest BCUT2D eigenvalue weighted by Gasteiger charge is -2.10. The fraction of sp³-hybridized carbons (Fsp3) is 0.343. The number of esters is 3. The molecule has 9 nitrogen and oxygen atoms in total. The summed E-state index contributed by atoms with van der Waals surface area (Å²) in [6.07, 6.45) is 0.954. The molecule has 44 heavy (non-hydrogen) atoms. The van der Waals surface area contributed by atoms with Gasteiger partial charge < -0.3 is 28.4 Å². The SMILES string of the molecule is C=C(C)C(=O)OCCOCCOCCOc1ccc(C(=O)Oc2ccc(-c3ccc(C(=O)OC[C@@H](C)CC)cc3)cc2)cc1. The van der Waals surface area contributed by atoms with Crippen LogP contribution in [0.5, 0.6) is 11.5 Å². The van der Waals surface area contributed by atoms with Crippen molar-refractivity contribution in [1.82, 2.24) is 0 Å². The van der Waals surface area contributed by atoms with Gasteiger partial charge in [-0.3, -0.25) is 0 Å². The van der Waals surface area contributed by atoms with Gasteiger partial charge in [-0.2, -0.15) is 0 Å². The Balaban J connectivity index is 1.35. The van der Waals surface area contributed by atoms with Gasteiger partial charge in [-0.15, -0.1) is 0 Å². The van der Waals surface area contributed by atoms with Crippen molar-refractivity contribution in [2.24, 2.45) is 5.92 Å². The van der Waals surface area contributed by atoms with Gasteiger partial charge in [-0.1, -0.05) is 51.1 Å². The minimum Gasteiger partial charge on any atom is -0.491 e. The maximum absolute atomic E-state index is 12.6. The molecule has 0 aliphatic rings. The molecule has 9 heteroatoms. The summed E-state index contributed by atoms with van der Waals surface area (Å²) in [5.41, 5.74) is 3.09. The molecule has 0 unspecified atom stereocenters. The summed E-state index contributed by atoms with van der Waals surface area (Å²) >= 11 is 0. The average molecular weight is 605 g/mol. The summed E-state index contributed by atoms with van der Waals surface area (Å²) in [5, 5.41) is 0. The van der Waals surface area contributed by atoms with Crippen LogP contribution in [0.15, 0.2) is 84.9 Å². The Morgan fingerprint density at radius 1 is 0.659 bits per heavy atom. The molecule has 0 aromatic heterocycles. The van der Waals surface area contributed by atoms with Crippen molar-refractivity contribution in [2.75, 3.05) is 46.2 Å². The van der Waals surface area contributed by atoms with E-state index in [1.807, 2.05) is 31.2 Å². The lowest BCUT2D eigenvalue weighted by molar-refractivity contribution is -0.140. The van der Waals surface area contributed by atoms with Crippen LogP contribution < -0.4 is 9.47 Å². The first-order valence-electron chi connectivity index (χ1n) is 14.6. The van der Waals surface area contributed by atoms with Crippen molar-refractivity contribution < 1.29 is 42.8 Å². The molecule has 0 aliphatic heterocycles. The van der Waals surface area contributed by atoms with Gasteiger partial charge in [0.2, 0.25) is 0 Å².